The lowest BCUT2D eigenvalue weighted by molar-refractivity contribution is 0.0989. The summed E-state index contributed by atoms with van der Waals surface area (Å²) in [5, 5.41) is 2.50. The highest BCUT2D eigenvalue weighted by atomic mass is 32.2. The normalized spacial score (nSPS) is 13.4. The number of carbonyl (C=O) groups is 2. The van der Waals surface area contributed by atoms with Gasteiger partial charge in [0.1, 0.15) is 0 Å². The number of hydrogen-bond donors (Lipinski definition) is 2. The third-order valence-corrected chi connectivity index (χ3v) is 7.25. The zero-order valence-electron chi connectivity index (χ0n) is 17.1. The first-order valence-corrected chi connectivity index (χ1v) is 11.3. The Hall–Kier alpha value is -2.91. The van der Waals surface area contributed by atoms with Gasteiger partial charge in [-0.15, -0.1) is 0 Å². The van der Waals surface area contributed by atoms with Gasteiger partial charge in [0.05, 0.1) is 4.90 Å². The minimum Gasteiger partial charge on any atom is -0.352 e. The smallest absolute Gasteiger partial charge is 0.312 e. The average molecular weight is 431 g/mol. The van der Waals surface area contributed by atoms with Crippen molar-refractivity contribution in [2.75, 3.05) is 24.5 Å². The van der Waals surface area contributed by atoms with Crippen molar-refractivity contribution in [1.82, 2.24) is 9.62 Å². The Morgan fingerprint density at radius 1 is 1.10 bits per heavy atom. The number of urea groups is 1. The molecule has 3 amide bonds. The van der Waals surface area contributed by atoms with E-state index in [0.29, 0.717) is 38.2 Å². The van der Waals surface area contributed by atoms with Gasteiger partial charge in [0, 0.05) is 37.4 Å². The van der Waals surface area contributed by atoms with E-state index in [1.165, 1.54) is 4.31 Å². The zero-order valence-corrected chi connectivity index (χ0v) is 17.9. The van der Waals surface area contributed by atoms with Crippen LogP contribution in [0.4, 0.5) is 10.5 Å². The molecule has 0 bridgehead atoms. The van der Waals surface area contributed by atoms with Crippen molar-refractivity contribution < 1.29 is 18.0 Å². The van der Waals surface area contributed by atoms with Crippen molar-refractivity contribution in [3.63, 3.8) is 0 Å². The number of primary amides is 1. The van der Waals surface area contributed by atoms with Crippen molar-refractivity contribution in [3.05, 3.63) is 59.2 Å². The fourth-order valence-corrected chi connectivity index (χ4v) is 5.08. The molecule has 0 spiro atoms. The van der Waals surface area contributed by atoms with Crippen molar-refractivity contribution in [2.45, 2.75) is 31.7 Å². The summed E-state index contributed by atoms with van der Waals surface area (Å²) in [6.07, 6.45) is 0.600. The quantitative estimate of drug-likeness (QED) is 0.700. The van der Waals surface area contributed by atoms with Crippen LogP contribution in [0.25, 0.3) is 0 Å². The molecule has 0 radical (unpaired) electrons. The summed E-state index contributed by atoms with van der Waals surface area (Å²) in [5.41, 5.74) is 8.00. The molecule has 3 rings (SSSR count). The monoisotopic (exact) mass is 430 g/mol. The number of nitrogens with two attached hydrogens (primary N) is 1. The molecule has 0 saturated carbocycles. The topological polar surface area (TPSA) is 113 Å². The highest BCUT2D eigenvalue weighted by Crippen LogP contribution is 2.32. The van der Waals surface area contributed by atoms with Gasteiger partial charge in [-0.05, 0) is 47.9 Å². The molecule has 2 aromatic carbocycles. The summed E-state index contributed by atoms with van der Waals surface area (Å²) in [4.78, 5) is 25.7. The van der Waals surface area contributed by atoms with Gasteiger partial charge in [-0.2, -0.15) is 4.31 Å². The maximum absolute atomic E-state index is 13.0. The molecule has 0 aromatic heterocycles. The lowest BCUT2D eigenvalue weighted by Gasteiger charge is -2.20. The van der Waals surface area contributed by atoms with E-state index in [0.717, 1.165) is 16.8 Å². The van der Waals surface area contributed by atoms with E-state index in [4.69, 9.17) is 5.73 Å². The van der Waals surface area contributed by atoms with Crippen LogP contribution in [0.3, 0.4) is 0 Å². The molecular formula is C21H26N4O4S. The number of rotatable bonds is 7. The third kappa shape index (κ3) is 4.31. The minimum absolute atomic E-state index is 0.150. The average Bonchev–Trinajstić information content (AvgIpc) is 3.16. The van der Waals surface area contributed by atoms with Crippen molar-refractivity contribution in [1.29, 1.82) is 0 Å². The Kier molecular flexibility index (Phi) is 6.42. The number of carbonyl (C=O) groups excluding carboxylic acids is 2. The molecule has 0 aliphatic carbocycles. The molecule has 8 nitrogen and oxygen atoms in total. The summed E-state index contributed by atoms with van der Waals surface area (Å²) in [7, 11) is -3.54. The van der Waals surface area contributed by atoms with Crippen LogP contribution in [0.5, 0.6) is 0 Å². The van der Waals surface area contributed by atoms with Gasteiger partial charge in [0.25, 0.3) is 5.91 Å². The molecule has 1 aliphatic rings. The van der Waals surface area contributed by atoms with Crippen LogP contribution in [-0.2, 0) is 23.0 Å². The van der Waals surface area contributed by atoms with E-state index in [-0.39, 0.29) is 10.8 Å². The third-order valence-electron chi connectivity index (χ3n) is 5.20. The number of nitrogens with one attached hydrogen (secondary N) is 1. The van der Waals surface area contributed by atoms with Crippen molar-refractivity contribution in [3.8, 4) is 0 Å². The van der Waals surface area contributed by atoms with Crippen LogP contribution >= 0.6 is 0 Å². The number of amides is 3. The van der Waals surface area contributed by atoms with E-state index in [2.05, 4.69) is 5.32 Å². The largest absolute Gasteiger partial charge is 0.352 e. The van der Waals surface area contributed by atoms with Crippen LogP contribution in [0.15, 0.2) is 47.4 Å². The fourth-order valence-electron chi connectivity index (χ4n) is 3.57. The number of sulfonamides is 1. The second kappa shape index (κ2) is 8.85. The Bertz CT molecular complexity index is 1050. The first kappa shape index (κ1) is 21.8. The number of benzene rings is 2. The molecule has 1 heterocycles. The van der Waals surface area contributed by atoms with Crippen LogP contribution in [-0.4, -0.2) is 44.3 Å². The summed E-state index contributed by atoms with van der Waals surface area (Å²) < 4.78 is 27.0. The molecule has 1 aliphatic heterocycles. The van der Waals surface area contributed by atoms with Crippen LogP contribution in [0.1, 0.15) is 35.3 Å². The van der Waals surface area contributed by atoms with Gasteiger partial charge in [0.2, 0.25) is 10.0 Å². The number of nitrogens with zero attached hydrogens (tertiary/aromatic N) is 2. The first-order valence-electron chi connectivity index (χ1n) is 9.85. The molecule has 3 N–H and O–H groups in total. The Morgan fingerprint density at radius 3 is 2.37 bits per heavy atom. The second-order valence-corrected chi connectivity index (χ2v) is 8.94. The predicted molar refractivity (Wildman–Crippen MR) is 115 cm³/mol. The Balaban J connectivity index is 1.80. The molecule has 0 fully saturated rings. The minimum atomic E-state index is -3.54. The summed E-state index contributed by atoms with van der Waals surface area (Å²) in [5.74, 6) is -0.150. The molecule has 0 saturated heterocycles. The Labute approximate surface area is 176 Å². The summed E-state index contributed by atoms with van der Waals surface area (Å²) >= 11 is 0. The zero-order chi connectivity index (χ0) is 21.9. The van der Waals surface area contributed by atoms with Gasteiger partial charge in [0.15, 0.2) is 0 Å². The number of fused-ring (bicyclic) bond motifs is 1. The molecular weight excluding hydrogens is 404 g/mol. The fraction of sp³-hybridized carbons (Fsp3) is 0.333. The molecule has 160 valence electrons. The van der Waals surface area contributed by atoms with Crippen molar-refractivity contribution in [2.24, 2.45) is 5.73 Å². The maximum atomic E-state index is 13.0. The predicted octanol–water partition coefficient (Wildman–Crippen LogP) is 2.09. The SMILES string of the molecule is CCN(CC)S(=O)(=O)c1ccc2c(c1)CCN2C(=O)c1ccc(CNC(N)=O)cc1. The lowest BCUT2D eigenvalue weighted by atomic mass is 10.1. The van der Waals surface area contributed by atoms with E-state index >= 15 is 0 Å². The second-order valence-electron chi connectivity index (χ2n) is 7.00. The maximum Gasteiger partial charge on any atom is 0.312 e. The highest BCUT2D eigenvalue weighted by Gasteiger charge is 2.29. The van der Waals surface area contributed by atoms with Gasteiger partial charge in [-0.3, -0.25) is 4.79 Å². The van der Waals surface area contributed by atoms with Gasteiger partial charge < -0.3 is 16.0 Å². The Morgan fingerprint density at radius 2 is 1.77 bits per heavy atom. The summed E-state index contributed by atoms with van der Waals surface area (Å²) in [6.45, 7) is 5.22. The van der Waals surface area contributed by atoms with E-state index in [1.807, 2.05) is 13.8 Å². The molecule has 0 atom stereocenters. The van der Waals surface area contributed by atoms with E-state index in [9.17, 15) is 18.0 Å². The molecule has 9 heteroatoms. The van der Waals surface area contributed by atoms with E-state index < -0.39 is 16.1 Å². The van der Waals surface area contributed by atoms with Crippen LogP contribution < -0.4 is 16.0 Å². The number of hydrogen-bond acceptors (Lipinski definition) is 4. The number of anilines is 1. The molecule has 0 unspecified atom stereocenters. The van der Waals surface area contributed by atoms with Gasteiger partial charge in [-0.25, -0.2) is 13.2 Å². The van der Waals surface area contributed by atoms with Gasteiger partial charge >= 0.3 is 6.03 Å². The van der Waals surface area contributed by atoms with Crippen LogP contribution in [0.2, 0.25) is 0 Å². The van der Waals surface area contributed by atoms with E-state index in [1.54, 1.807) is 47.4 Å². The standard InChI is InChI=1S/C21H26N4O4S/c1-3-24(4-2)30(28,29)18-9-10-19-17(13-18)11-12-25(19)20(26)16-7-5-15(6-8-16)14-23-21(22)27/h5-10,13H,3-4,11-12,14H2,1-2H3,(H3,22,23,27). The van der Waals surface area contributed by atoms with Crippen molar-refractivity contribution >= 4 is 27.6 Å². The summed E-state index contributed by atoms with van der Waals surface area (Å²) in [6, 6.07) is 11.3. The lowest BCUT2D eigenvalue weighted by Crippen LogP contribution is -2.31. The van der Waals surface area contributed by atoms with Crippen LogP contribution in [0, 0.1) is 0 Å². The first-order chi connectivity index (χ1) is 14.3. The molecule has 30 heavy (non-hydrogen) atoms. The highest BCUT2D eigenvalue weighted by molar-refractivity contribution is 7.89. The molecule has 2 aromatic rings. The van der Waals surface area contributed by atoms with Gasteiger partial charge in [-0.1, -0.05) is 26.0 Å².